The highest BCUT2D eigenvalue weighted by molar-refractivity contribution is 6.30. The molecule has 0 spiro atoms. The molecular weight excluding hydrogens is 434 g/mol. The van der Waals surface area contributed by atoms with Crippen molar-refractivity contribution >= 4 is 28.5 Å². The number of hydrogen-bond acceptors (Lipinski definition) is 3. The number of benzene rings is 3. The molecule has 0 saturated carbocycles. The summed E-state index contributed by atoms with van der Waals surface area (Å²) in [5.41, 5.74) is 4.19. The summed E-state index contributed by atoms with van der Waals surface area (Å²) in [7, 11) is 0. The van der Waals surface area contributed by atoms with E-state index in [1.165, 1.54) is 11.1 Å². The molecule has 5 nitrogen and oxygen atoms in total. The molecule has 2 N–H and O–H groups in total. The number of carboxylic acids is 1. The van der Waals surface area contributed by atoms with E-state index in [1.807, 2.05) is 48.7 Å². The van der Waals surface area contributed by atoms with Gasteiger partial charge in [-0.2, -0.15) is 0 Å². The number of carboxylic acid groups (broad SMARTS) is 1. The molecular formula is C27H26ClN3O2. The number of aliphatic carboxylic acids is 1. The highest BCUT2D eigenvalue weighted by Gasteiger charge is 2.34. The second kappa shape index (κ2) is 9.40. The first-order chi connectivity index (χ1) is 16.1. The first kappa shape index (κ1) is 21.7. The fraction of sp³-hybridized carbons (Fsp3) is 0.222. The van der Waals surface area contributed by atoms with Crippen LogP contribution in [0.5, 0.6) is 0 Å². The summed E-state index contributed by atoms with van der Waals surface area (Å²) in [6, 6.07) is 25.8. The van der Waals surface area contributed by atoms with Crippen molar-refractivity contribution in [1.82, 2.24) is 14.8 Å². The van der Waals surface area contributed by atoms with Gasteiger partial charge in [-0.15, -0.1) is 0 Å². The first-order valence-electron chi connectivity index (χ1n) is 11.2. The smallest absolute Gasteiger partial charge is 0.325 e. The highest BCUT2D eigenvalue weighted by atomic mass is 35.5. The lowest BCUT2D eigenvalue weighted by Crippen LogP contribution is -2.50. The van der Waals surface area contributed by atoms with Crippen LogP contribution in [0.25, 0.3) is 10.9 Å². The van der Waals surface area contributed by atoms with Crippen LogP contribution in [0.4, 0.5) is 0 Å². The Balaban J connectivity index is 1.40. The number of fused-ring (bicyclic) bond motifs is 1. The SMILES string of the molecule is O=C(O)[C@@H](c1c[nH]c2ccccc12)N1CCN([C@@H](c2ccccc2)c2ccc(Cl)cc2)CC1. The predicted molar refractivity (Wildman–Crippen MR) is 132 cm³/mol. The van der Waals surface area contributed by atoms with E-state index in [1.54, 1.807) is 0 Å². The van der Waals surface area contributed by atoms with E-state index in [0.29, 0.717) is 13.1 Å². The molecule has 3 aromatic carbocycles. The van der Waals surface area contributed by atoms with Crippen LogP contribution >= 0.6 is 11.6 Å². The molecule has 1 aromatic heterocycles. The van der Waals surface area contributed by atoms with Gasteiger partial charge >= 0.3 is 5.97 Å². The third-order valence-electron chi connectivity index (χ3n) is 6.53. The number of aromatic nitrogens is 1. The van der Waals surface area contributed by atoms with Crippen molar-refractivity contribution < 1.29 is 9.90 Å². The zero-order valence-corrected chi connectivity index (χ0v) is 18.9. The molecule has 1 saturated heterocycles. The Kier molecular flexibility index (Phi) is 6.18. The van der Waals surface area contributed by atoms with Gasteiger partial charge in [0.05, 0.1) is 6.04 Å². The largest absolute Gasteiger partial charge is 0.480 e. The number of nitrogens with zero attached hydrogens (tertiary/aromatic N) is 2. The lowest BCUT2D eigenvalue weighted by molar-refractivity contribution is -0.144. The quantitative estimate of drug-likeness (QED) is 0.408. The van der Waals surface area contributed by atoms with Crippen LogP contribution < -0.4 is 0 Å². The van der Waals surface area contributed by atoms with E-state index in [0.717, 1.165) is 34.6 Å². The van der Waals surface area contributed by atoms with Crippen molar-refractivity contribution in [2.24, 2.45) is 0 Å². The zero-order chi connectivity index (χ0) is 22.8. The first-order valence-corrected chi connectivity index (χ1v) is 11.6. The van der Waals surface area contributed by atoms with Crippen LogP contribution in [0.3, 0.4) is 0 Å². The second-order valence-electron chi connectivity index (χ2n) is 8.47. The molecule has 4 aromatic rings. The van der Waals surface area contributed by atoms with Gasteiger partial charge < -0.3 is 10.1 Å². The van der Waals surface area contributed by atoms with E-state index < -0.39 is 12.0 Å². The summed E-state index contributed by atoms with van der Waals surface area (Å²) in [4.78, 5) is 20.1. The number of H-pyrrole nitrogens is 1. The monoisotopic (exact) mass is 459 g/mol. The average molecular weight is 460 g/mol. The van der Waals surface area contributed by atoms with Crippen LogP contribution in [0.2, 0.25) is 5.02 Å². The highest BCUT2D eigenvalue weighted by Crippen LogP contribution is 2.33. The van der Waals surface area contributed by atoms with Gasteiger partial charge in [0.2, 0.25) is 0 Å². The summed E-state index contributed by atoms with van der Waals surface area (Å²) in [6.07, 6.45) is 1.84. The molecule has 0 bridgehead atoms. The van der Waals surface area contributed by atoms with Crippen LogP contribution in [0, 0.1) is 0 Å². The Morgan fingerprint density at radius 2 is 1.42 bits per heavy atom. The number of para-hydroxylation sites is 1. The molecule has 168 valence electrons. The number of hydrogen-bond donors (Lipinski definition) is 2. The van der Waals surface area contributed by atoms with Gasteiger partial charge in [0.15, 0.2) is 0 Å². The van der Waals surface area contributed by atoms with Gasteiger partial charge in [0.1, 0.15) is 6.04 Å². The summed E-state index contributed by atoms with van der Waals surface area (Å²) in [5.74, 6) is -0.814. The Hall–Kier alpha value is -3.12. The maximum atomic E-state index is 12.3. The van der Waals surface area contributed by atoms with Crippen LogP contribution in [0.1, 0.15) is 28.8 Å². The van der Waals surface area contributed by atoms with Gasteiger partial charge in [-0.05, 0) is 29.3 Å². The zero-order valence-electron chi connectivity index (χ0n) is 18.2. The minimum Gasteiger partial charge on any atom is -0.480 e. The minimum absolute atomic E-state index is 0.0991. The summed E-state index contributed by atoms with van der Waals surface area (Å²) in [6.45, 7) is 2.89. The van der Waals surface area contributed by atoms with Crippen LogP contribution in [-0.4, -0.2) is 52.0 Å². The van der Waals surface area contributed by atoms with Gasteiger partial charge in [0, 0.05) is 53.9 Å². The molecule has 2 heterocycles. The normalized spacial score (nSPS) is 17.1. The molecule has 0 unspecified atom stereocenters. The molecule has 0 radical (unpaired) electrons. The van der Waals surface area contributed by atoms with E-state index in [-0.39, 0.29) is 6.04 Å². The number of carbonyl (C=O) groups is 1. The minimum atomic E-state index is -0.814. The maximum absolute atomic E-state index is 12.3. The Morgan fingerprint density at radius 1 is 0.818 bits per heavy atom. The van der Waals surface area contributed by atoms with Gasteiger partial charge in [-0.25, -0.2) is 0 Å². The van der Waals surface area contributed by atoms with Crippen molar-refractivity contribution in [2.45, 2.75) is 12.1 Å². The molecule has 1 aliphatic rings. The molecule has 1 fully saturated rings. The molecule has 5 rings (SSSR count). The summed E-state index contributed by atoms with van der Waals surface area (Å²) >= 11 is 6.14. The Morgan fingerprint density at radius 3 is 2.12 bits per heavy atom. The fourth-order valence-corrected chi connectivity index (χ4v) is 5.08. The van der Waals surface area contributed by atoms with E-state index in [2.05, 4.69) is 51.2 Å². The Bertz CT molecular complexity index is 1230. The molecule has 1 aliphatic heterocycles. The third-order valence-corrected chi connectivity index (χ3v) is 6.78. The van der Waals surface area contributed by atoms with Crippen molar-refractivity contribution in [3.63, 3.8) is 0 Å². The van der Waals surface area contributed by atoms with Gasteiger partial charge in [-0.3, -0.25) is 14.6 Å². The fourth-order valence-electron chi connectivity index (χ4n) is 4.95. The van der Waals surface area contributed by atoms with Crippen molar-refractivity contribution in [3.8, 4) is 0 Å². The Labute approximate surface area is 198 Å². The number of aromatic amines is 1. The predicted octanol–water partition coefficient (Wildman–Crippen LogP) is 5.35. The van der Waals surface area contributed by atoms with E-state index in [4.69, 9.17) is 11.6 Å². The molecule has 6 heteroatoms. The standard InChI is InChI=1S/C27H26ClN3O2/c28-21-12-10-20(11-13-21)25(19-6-2-1-3-7-19)30-14-16-31(17-15-30)26(27(32)33)23-18-29-24-9-5-4-8-22(23)24/h1-13,18,25-26,29H,14-17H2,(H,32,33)/t25-,26+/m0/s1. The molecule has 0 amide bonds. The molecule has 2 atom stereocenters. The van der Waals surface area contributed by atoms with Crippen molar-refractivity contribution in [1.29, 1.82) is 0 Å². The van der Waals surface area contributed by atoms with E-state index in [9.17, 15) is 9.90 Å². The lowest BCUT2D eigenvalue weighted by Gasteiger charge is -2.41. The summed E-state index contributed by atoms with van der Waals surface area (Å²) < 4.78 is 0. The van der Waals surface area contributed by atoms with Crippen LogP contribution in [-0.2, 0) is 4.79 Å². The number of rotatable bonds is 6. The number of halogens is 1. The average Bonchev–Trinajstić information content (AvgIpc) is 3.26. The molecule has 0 aliphatic carbocycles. The second-order valence-corrected chi connectivity index (χ2v) is 8.90. The summed E-state index contributed by atoms with van der Waals surface area (Å²) in [5, 5.41) is 11.8. The topological polar surface area (TPSA) is 59.6 Å². The van der Waals surface area contributed by atoms with Gasteiger partial charge in [-0.1, -0.05) is 72.3 Å². The van der Waals surface area contributed by atoms with Crippen LogP contribution in [0.15, 0.2) is 85.1 Å². The third kappa shape index (κ3) is 4.40. The lowest BCUT2D eigenvalue weighted by atomic mass is 9.96. The van der Waals surface area contributed by atoms with Crippen molar-refractivity contribution in [3.05, 3.63) is 107 Å². The van der Waals surface area contributed by atoms with E-state index >= 15 is 0 Å². The number of nitrogens with one attached hydrogen (secondary N) is 1. The van der Waals surface area contributed by atoms with Crippen molar-refractivity contribution in [2.75, 3.05) is 26.2 Å². The number of piperazine rings is 1. The maximum Gasteiger partial charge on any atom is 0.325 e. The molecule has 33 heavy (non-hydrogen) atoms. The van der Waals surface area contributed by atoms with Gasteiger partial charge in [0.25, 0.3) is 0 Å².